The van der Waals surface area contributed by atoms with E-state index in [0.717, 1.165) is 16.9 Å². The summed E-state index contributed by atoms with van der Waals surface area (Å²) in [6, 6.07) is 0. The van der Waals surface area contributed by atoms with Crippen molar-refractivity contribution in [2.45, 2.75) is 6.92 Å². The third-order valence-corrected chi connectivity index (χ3v) is 2.09. The van der Waals surface area contributed by atoms with Crippen LogP contribution in [0, 0.1) is 0 Å². The van der Waals surface area contributed by atoms with E-state index in [4.69, 9.17) is 0 Å². The van der Waals surface area contributed by atoms with Crippen LogP contribution in [-0.2, 0) is 4.79 Å². The summed E-state index contributed by atoms with van der Waals surface area (Å²) < 4.78 is 0. The van der Waals surface area contributed by atoms with Gasteiger partial charge in [0.25, 0.3) is 0 Å². The fourth-order valence-electron chi connectivity index (χ4n) is 0.695. The van der Waals surface area contributed by atoms with Crippen LogP contribution in [-0.4, -0.2) is 19.6 Å². The second kappa shape index (κ2) is 5.02. The van der Waals surface area contributed by atoms with Crippen molar-refractivity contribution in [1.82, 2.24) is 5.32 Å². The first-order valence-corrected chi connectivity index (χ1v) is 4.47. The van der Waals surface area contributed by atoms with Crippen molar-refractivity contribution >= 4 is 18.0 Å². The van der Waals surface area contributed by atoms with Gasteiger partial charge in [-0.3, -0.25) is 4.79 Å². The second-order valence-electron chi connectivity index (χ2n) is 2.10. The van der Waals surface area contributed by atoms with Gasteiger partial charge in [-0.05, 0) is 18.8 Å². The third kappa shape index (κ3) is 2.80. The molecule has 3 heteroatoms. The van der Waals surface area contributed by atoms with Crippen LogP contribution >= 0.6 is 11.8 Å². The zero-order chi connectivity index (χ0) is 8.85. The lowest BCUT2D eigenvalue weighted by atomic mass is 10.2. The van der Waals surface area contributed by atoms with Crippen molar-refractivity contribution in [2.24, 2.45) is 0 Å². The maximum Gasteiger partial charge on any atom is 0.152 e. The van der Waals surface area contributed by atoms with Gasteiger partial charge in [0.2, 0.25) is 0 Å². The van der Waals surface area contributed by atoms with E-state index in [1.807, 2.05) is 13.2 Å². The molecule has 0 unspecified atom stereocenters. The molecule has 0 aromatic carbocycles. The number of thioether (sulfide) groups is 1. The van der Waals surface area contributed by atoms with Crippen molar-refractivity contribution in [1.29, 1.82) is 0 Å². The van der Waals surface area contributed by atoms with Crippen LogP contribution in [0.15, 0.2) is 22.8 Å². The molecule has 0 aliphatic heterocycles. The Hall–Kier alpha value is -0.700. The first-order valence-electron chi connectivity index (χ1n) is 3.24. The standard InChI is InChI=1S/C8H13NOS/c1-6(2)7(5-10)8(9-3)11-4/h5,9H,1H2,2-4H3/b8-7+. The minimum absolute atomic E-state index is 0.653. The van der Waals surface area contributed by atoms with E-state index in [9.17, 15) is 4.79 Å². The number of carbonyl (C=O) groups excluding carboxylic acids is 1. The number of carbonyl (C=O) groups is 1. The number of nitrogens with one attached hydrogen (secondary N) is 1. The van der Waals surface area contributed by atoms with Crippen LogP contribution in [0.4, 0.5) is 0 Å². The van der Waals surface area contributed by atoms with Crippen molar-refractivity contribution in [3.8, 4) is 0 Å². The van der Waals surface area contributed by atoms with Crippen molar-refractivity contribution in [3.63, 3.8) is 0 Å². The van der Waals surface area contributed by atoms with E-state index in [1.165, 1.54) is 11.8 Å². The maximum absolute atomic E-state index is 10.5. The molecule has 2 nitrogen and oxygen atoms in total. The second-order valence-corrected chi connectivity index (χ2v) is 2.91. The monoisotopic (exact) mass is 171 g/mol. The highest BCUT2D eigenvalue weighted by molar-refractivity contribution is 8.02. The molecule has 11 heavy (non-hydrogen) atoms. The zero-order valence-electron chi connectivity index (χ0n) is 7.10. The van der Waals surface area contributed by atoms with Gasteiger partial charge in [0.05, 0.1) is 5.03 Å². The number of hydrogen-bond donors (Lipinski definition) is 1. The fourth-order valence-corrected chi connectivity index (χ4v) is 1.34. The average molecular weight is 171 g/mol. The zero-order valence-corrected chi connectivity index (χ0v) is 7.92. The number of allylic oxidation sites excluding steroid dienone is 2. The normalized spacial score (nSPS) is 11.9. The molecular weight excluding hydrogens is 158 g/mol. The molecule has 62 valence electrons. The lowest BCUT2D eigenvalue weighted by Gasteiger charge is -2.06. The predicted octanol–water partition coefficient (Wildman–Crippen LogP) is 1.56. The quantitative estimate of drug-likeness (QED) is 0.395. The summed E-state index contributed by atoms with van der Waals surface area (Å²) in [6.07, 6.45) is 2.74. The molecule has 1 N–H and O–H groups in total. The van der Waals surface area contributed by atoms with Crippen LogP contribution in [0.5, 0.6) is 0 Å². The van der Waals surface area contributed by atoms with Gasteiger partial charge >= 0.3 is 0 Å². The Balaban J connectivity index is 4.77. The summed E-state index contributed by atoms with van der Waals surface area (Å²) >= 11 is 1.51. The molecule has 0 aromatic rings. The largest absolute Gasteiger partial charge is 0.382 e. The SMILES string of the molecule is C=C(C)/C(C=O)=C(\NC)SC. The summed E-state index contributed by atoms with van der Waals surface area (Å²) in [5, 5.41) is 3.80. The van der Waals surface area contributed by atoms with Crippen LogP contribution in [0.2, 0.25) is 0 Å². The molecule has 0 amide bonds. The lowest BCUT2D eigenvalue weighted by Crippen LogP contribution is -2.07. The highest BCUT2D eigenvalue weighted by Crippen LogP contribution is 2.16. The van der Waals surface area contributed by atoms with Crippen LogP contribution in [0.25, 0.3) is 0 Å². The predicted molar refractivity (Wildman–Crippen MR) is 50.5 cm³/mol. The van der Waals surface area contributed by atoms with Gasteiger partial charge in [-0.2, -0.15) is 0 Å². The molecular formula is C8H13NOS. The van der Waals surface area contributed by atoms with E-state index in [2.05, 4.69) is 11.9 Å². The van der Waals surface area contributed by atoms with Crippen molar-refractivity contribution < 1.29 is 4.79 Å². The smallest absolute Gasteiger partial charge is 0.152 e. The van der Waals surface area contributed by atoms with Gasteiger partial charge in [0.1, 0.15) is 0 Å². The summed E-state index contributed by atoms with van der Waals surface area (Å²) in [7, 11) is 1.79. The molecule has 0 saturated carbocycles. The minimum atomic E-state index is 0.653. The Morgan fingerprint density at radius 2 is 2.18 bits per heavy atom. The number of hydrogen-bond acceptors (Lipinski definition) is 3. The van der Waals surface area contributed by atoms with Crippen molar-refractivity contribution in [3.05, 3.63) is 22.8 Å². The Bertz CT molecular complexity index is 190. The van der Waals surface area contributed by atoms with Gasteiger partial charge in [0.15, 0.2) is 6.29 Å². The van der Waals surface area contributed by atoms with E-state index < -0.39 is 0 Å². The molecule has 0 atom stereocenters. The summed E-state index contributed by atoms with van der Waals surface area (Å²) in [5.74, 6) is 0. The Morgan fingerprint density at radius 1 is 1.64 bits per heavy atom. The van der Waals surface area contributed by atoms with Gasteiger partial charge in [-0.1, -0.05) is 6.58 Å². The lowest BCUT2D eigenvalue weighted by molar-refractivity contribution is -0.104. The minimum Gasteiger partial charge on any atom is -0.382 e. The molecule has 0 aromatic heterocycles. The highest BCUT2D eigenvalue weighted by Gasteiger charge is 2.02. The van der Waals surface area contributed by atoms with Gasteiger partial charge in [-0.15, -0.1) is 11.8 Å². The molecule has 0 saturated heterocycles. The first-order chi connectivity index (χ1) is 5.17. The number of rotatable bonds is 4. The summed E-state index contributed by atoms with van der Waals surface area (Å²) in [5.41, 5.74) is 1.44. The van der Waals surface area contributed by atoms with Crippen LogP contribution < -0.4 is 5.32 Å². The first kappa shape index (κ1) is 10.3. The maximum atomic E-state index is 10.5. The molecule has 0 aliphatic rings. The van der Waals surface area contributed by atoms with Gasteiger partial charge in [0, 0.05) is 12.6 Å². The third-order valence-electron chi connectivity index (χ3n) is 1.25. The number of aldehydes is 1. The van der Waals surface area contributed by atoms with E-state index in [0.29, 0.717) is 5.57 Å². The molecule has 0 bridgehead atoms. The fraction of sp³-hybridized carbons (Fsp3) is 0.375. The van der Waals surface area contributed by atoms with E-state index in [-0.39, 0.29) is 0 Å². The molecule has 0 fully saturated rings. The van der Waals surface area contributed by atoms with Gasteiger partial charge < -0.3 is 5.32 Å². The van der Waals surface area contributed by atoms with Gasteiger partial charge in [-0.25, -0.2) is 0 Å². The summed E-state index contributed by atoms with van der Waals surface area (Å²) in [4.78, 5) is 10.5. The average Bonchev–Trinajstić information content (AvgIpc) is 1.99. The topological polar surface area (TPSA) is 29.1 Å². The molecule has 0 heterocycles. The van der Waals surface area contributed by atoms with E-state index >= 15 is 0 Å². The Kier molecular flexibility index (Phi) is 4.70. The van der Waals surface area contributed by atoms with Crippen LogP contribution in [0.3, 0.4) is 0 Å². The molecule has 0 aliphatic carbocycles. The van der Waals surface area contributed by atoms with E-state index in [1.54, 1.807) is 7.05 Å². The molecule has 0 rings (SSSR count). The molecule has 0 spiro atoms. The van der Waals surface area contributed by atoms with Crippen LogP contribution in [0.1, 0.15) is 6.92 Å². The highest BCUT2D eigenvalue weighted by atomic mass is 32.2. The Labute approximate surface area is 71.7 Å². The summed E-state index contributed by atoms with van der Waals surface area (Å²) in [6.45, 7) is 5.52. The van der Waals surface area contributed by atoms with Crippen molar-refractivity contribution in [2.75, 3.05) is 13.3 Å². The molecule has 0 radical (unpaired) electrons. The Morgan fingerprint density at radius 3 is 2.27 bits per heavy atom.